The van der Waals surface area contributed by atoms with Crippen LogP contribution in [-0.2, 0) is 0 Å². The molecule has 0 amide bonds. The summed E-state index contributed by atoms with van der Waals surface area (Å²) in [5, 5.41) is 6.16. The Hall–Kier alpha value is 1.01. The maximum atomic E-state index is 3.50. The van der Waals surface area contributed by atoms with Crippen molar-refractivity contribution >= 4 is 35.3 Å². The molecule has 12 aliphatic rings. The second-order valence-corrected chi connectivity index (χ2v) is 27.7. The molecule has 4 heteroatoms. The van der Waals surface area contributed by atoms with Crippen molar-refractivity contribution in [2.24, 2.45) is 71.0 Å². The van der Waals surface area contributed by atoms with Gasteiger partial charge in [0.2, 0.25) is 0 Å². The lowest BCUT2D eigenvalue weighted by Crippen LogP contribution is -2.58. The Morgan fingerprint density at radius 3 is 1.71 bits per heavy atom. The maximum absolute atomic E-state index is 3.50. The highest BCUT2D eigenvalue weighted by atomic mass is 32.2. The van der Waals surface area contributed by atoms with E-state index in [2.05, 4.69) is 40.2 Å². The highest BCUT2D eigenvalue weighted by molar-refractivity contribution is 8.02. The van der Waals surface area contributed by atoms with Crippen LogP contribution in [0.25, 0.3) is 0 Å². The molecule has 0 radical (unpaired) electrons. The molecule has 3 saturated heterocycles. The third kappa shape index (κ3) is 6.85. The smallest absolute Gasteiger partial charge is 0.0237 e. The SMILES string of the molecule is C1CCC2C(C1)CCCC2C1CCC(N(C2CCCC(C3CCCC4C5CCC6SC7CCCCC7C6C5SC34)C2)C2CCCC3C4CCCCC4SC32)CC1. The zero-order chi connectivity index (χ0) is 36.7. The van der Waals surface area contributed by atoms with Gasteiger partial charge in [-0.3, -0.25) is 4.90 Å². The first-order chi connectivity index (χ1) is 27.8. The van der Waals surface area contributed by atoms with Gasteiger partial charge in [-0.2, -0.15) is 35.3 Å². The summed E-state index contributed by atoms with van der Waals surface area (Å²) in [6, 6.07) is 2.73. The summed E-state index contributed by atoms with van der Waals surface area (Å²) in [7, 11) is 0. The summed E-state index contributed by atoms with van der Waals surface area (Å²) in [6.45, 7) is 0. The molecule has 19 unspecified atom stereocenters. The highest BCUT2D eigenvalue weighted by Gasteiger charge is 2.60. The van der Waals surface area contributed by atoms with Crippen LogP contribution < -0.4 is 0 Å². The summed E-state index contributed by atoms with van der Waals surface area (Å²) < 4.78 is 0. The van der Waals surface area contributed by atoms with Crippen LogP contribution in [0.5, 0.6) is 0 Å². The monoisotopic (exact) mass is 818 g/mol. The molecular formula is C52H83NS3. The van der Waals surface area contributed by atoms with Crippen LogP contribution in [-0.4, -0.2) is 54.5 Å². The van der Waals surface area contributed by atoms with E-state index < -0.39 is 0 Å². The van der Waals surface area contributed by atoms with Gasteiger partial charge < -0.3 is 0 Å². The van der Waals surface area contributed by atoms with Gasteiger partial charge in [0.25, 0.3) is 0 Å². The second kappa shape index (κ2) is 16.6. The van der Waals surface area contributed by atoms with Crippen LogP contribution in [0.1, 0.15) is 199 Å². The van der Waals surface area contributed by atoms with Crippen molar-refractivity contribution in [3.63, 3.8) is 0 Å². The van der Waals surface area contributed by atoms with Crippen LogP contribution in [0.4, 0.5) is 0 Å². The number of rotatable bonds is 5. The van der Waals surface area contributed by atoms with Crippen molar-refractivity contribution in [2.45, 2.75) is 249 Å². The molecule has 0 spiro atoms. The number of thioether (sulfide) groups is 3. The summed E-state index contributed by atoms with van der Waals surface area (Å²) in [4.78, 5) is 3.50. The Balaban J connectivity index is 0.790. The molecule has 0 N–H and O–H groups in total. The van der Waals surface area contributed by atoms with Crippen LogP contribution in [0.15, 0.2) is 0 Å². The predicted molar refractivity (Wildman–Crippen MR) is 244 cm³/mol. The van der Waals surface area contributed by atoms with Gasteiger partial charge in [-0.15, -0.1) is 0 Å². The normalized spacial score (nSPS) is 55.6. The fourth-order valence-electron chi connectivity index (χ4n) is 19.3. The standard InChI is InChI=1S/C52H83NS3/c1-2-15-37-32(11-1)12-8-18-38(37)33-25-27-35(28-26-33)53(45-22-10-21-41-40-16-3-5-23-46(40)55-51(41)45)36-14-7-13-34(31-36)39-19-9-20-42-43-29-30-48-49(52(43)56-50(39)42)44-17-4-6-24-47(44)54-48/h32-52H,1-31H2. The molecule has 0 bridgehead atoms. The predicted octanol–water partition coefficient (Wildman–Crippen LogP) is 14.5. The zero-order valence-electron chi connectivity index (χ0n) is 35.7. The number of fused-ring (bicyclic) bond motifs is 11. The van der Waals surface area contributed by atoms with Crippen LogP contribution in [0.3, 0.4) is 0 Å². The third-order valence-electron chi connectivity index (χ3n) is 21.4. The van der Waals surface area contributed by atoms with Gasteiger partial charge in [-0.05, 0) is 187 Å². The third-order valence-corrected chi connectivity index (χ3v) is 27.1. The van der Waals surface area contributed by atoms with Gasteiger partial charge in [0.15, 0.2) is 0 Å². The topological polar surface area (TPSA) is 3.24 Å². The number of hydrogen-bond donors (Lipinski definition) is 0. The quantitative estimate of drug-likeness (QED) is 0.272. The maximum Gasteiger partial charge on any atom is 0.0237 e. The van der Waals surface area contributed by atoms with E-state index in [1.54, 1.807) is 186 Å². The fourth-order valence-corrected chi connectivity index (χ4v) is 26.3. The molecule has 1 nitrogen and oxygen atoms in total. The van der Waals surface area contributed by atoms with E-state index in [1.165, 1.54) is 12.8 Å². The second-order valence-electron chi connectivity index (χ2n) is 23.5. The van der Waals surface area contributed by atoms with E-state index in [1.807, 2.05) is 0 Å². The molecular weight excluding hydrogens is 735 g/mol. The largest absolute Gasteiger partial charge is 0.293 e. The molecule has 56 heavy (non-hydrogen) atoms. The summed E-state index contributed by atoms with van der Waals surface area (Å²) in [5.41, 5.74) is 0. The fraction of sp³-hybridized carbons (Fsp3) is 1.00. The lowest BCUT2D eigenvalue weighted by molar-refractivity contribution is -0.0231. The lowest BCUT2D eigenvalue weighted by atomic mass is 9.59. The zero-order valence-corrected chi connectivity index (χ0v) is 38.2. The van der Waals surface area contributed by atoms with E-state index in [-0.39, 0.29) is 0 Å². The molecule has 19 atom stereocenters. The first kappa shape index (κ1) is 38.7. The van der Waals surface area contributed by atoms with Gasteiger partial charge >= 0.3 is 0 Å². The van der Waals surface area contributed by atoms with Gasteiger partial charge in [0.1, 0.15) is 0 Å². The minimum absolute atomic E-state index is 0.910. The molecule has 3 aliphatic heterocycles. The van der Waals surface area contributed by atoms with Crippen molar-refractivity contribution in [1.29, 1.82) is 0 Å². The molecule has 0 aromatic carbocycles. The van der Waals surface area contributed by atoms with Crippen molar-refractivity contribution in [2.75, 3.05) is 0 Å². The minimum Gasteiger partial charge on any atom is -0.293 e. The first-order valence-corrected chi connectivity index (χ1v) is 29.3. The van der Waals surface area contributed by atoms with Crippen molar-refractivity contribution < 1.29 is 0 Å². The summed E-state index contributed by atoms with van der Waals surface area (Å²) >= 11 is 7.82. The molecule has 3 heterocycles. The van der Waals surface area contributed by atoms with Crippen LogP contribution >= 0.6 is 35.3 Å². The van der Waals surface area contributed by atoms with E-state index in [4.69, 9.17) is 0 Å². The Kier molecular flexibility index (Phi) is 11.5. The van der Waals surface area contributed by atoms with E-state index in [0.29, 0.717) is 0 Å². The Bertz CT molecular complexity index is 1340. The van der Waals surface area contributed by atoms with Crippen molar-refractivity contribution in [1.82, 2.24) is 4.90 Å². The molecule has 0 aromatic heterocycles. The number of hydrogen-bond acceptors (Lipinski definition) is 4. The van der Waals surface area contributed by atoms with E-state index >= 15 is 0 Å². The highest BCUT2D eigenvalue weighted by Crippen LogP contribution is 2.66. The molecule has 9 saturated carbocycles. The van der Waals surface area contributed by atoms with Gasteiger partial charge in [-0.1, -0.05) is 83.5 Å². The Labute approximate surface area is 357 Å². The van der Waals surface area contributed by atoms with Crippen molar-refractivity contribution in [3.8, 4) is 0 Å². The Morgan fingerprint density at radius 2 is 0.857 bits per heavy atom. The van der Waals surface area contributed by atoms with Gasteiger partial charge in [-0.25, -0.2) is 0 Å². The van der Waals surface area contributed by atoms with Crippen molar-refractivity contribution in [3.05, 3.63) is 0 Å². The lowest BCUT2D eigenvalue weighted by Gasteiger charge is -2.54. The Morgan fingerprint density at radius 1 is 0.286 bits per heavy atom. The number of nitrogens with zero attached hydrogens (tertiary/aromatic N) is 1. The van der Waals surface area contributed by atoms with E-state index in [9.17, 15) is 0 Å². The summed E-state index contributed by atoms with van der Waals surface area (Å²) in [6.07, 6.45) is 48.8. The summed E-state index contributed by atoms with van der Waals surface area (Å²) in [5.74, 6) is 13.0. The molecule has 314 valence electrons. The minimum atomic E-state index is 0.910. The average Bonchev–Trinajstić information content (AvgIpc) is 3.96. The van der Waals surface area contributed by atoms with E-state index in [0.717, 1.165) is 121 Å². The van der Waals surface area contributed by atoms with Crippen LogP contribution in [0, 0.1) is 71.0 Å². The molecule has 12 fully saturated rings. The average molecular weight is 818 g/mol. The molecule has 12 rings (SSSR count). The van der Waals surface area contributed by atoms with Gasteiger partial charge in [0.05, 0.1) is 0 Å². The molecule has 9 aliphatic carbocycles. The van der Waals surface area contributed by atoms with Gasteiger partial charge in [0, 0.05) is 49.6 Å². The molecule has 0 aromatic rings. The van der Waals surface area contributed by atoms with Crippen LogP contribution in [0.2, 0.25) is 0 Å². The first-order valence-electron chi connectivity index (χ1n) is 26.5.